The first kappa shape index (κ1) is 21.0. The zero-order valence-electron chi connectivity index (χ0n) is 16.3. The summed E-state index contributed by atoms with van der Waals surface area (Å²) >= 11 is 6.87. The van der Waals surface area contributed by atoms with Gasteiger partial charge in [0, 0.05) is 18.9 Å². The Morgan fingerprint density at radius 2 is 2.14 bits per heavy atom. The molecular weight excluding hydrogens is 412 g/mol. The summed E-state index contributed by atoms with van der Waals surface area (Å²) in [4.78, 5) is 13.8. The molecule has 8 nitrogen and oxygen atoms in total. The van der Waals surface area contributed by atoms with Crippen LogP contribution in [0.2, 0.25) is 0 Å². The van der Waals surface area contributed by atoms with E-state index in [4.69, 9.17) is 26.4 Å². The SMILES string of the molecule is COCCOc1cc(NC(=O)C(C)n2c(-c3cccs3)n[nH]c2=S)ccc1OC. The maximum Gasteiger partial charge on any atom is 0.247 e. The number of methoxy groups -OCH3 is 2. The van der Waals surface area contributed by atoms with Crippen molar-refractivity contribution in [2.45, 2.75) is 13.0 Å². The topological polar surface area (TPSA) is 90.4 Å². The number of carbonyl (C=O) groups is 1. The number of H-pyrrole nitrogens is 1. The van der Waals surface area contributed by atoms with E-state index in [2.05, 4.69) is 15.5 Å². The van der Waals surface area contributed by atoms with Gasteiger partial charge in [0.15, 0.2) is 22.1 Å². The predicted octanol–water partition coefficient (Wildman–Crippen LogP) is 3.90. The molecule has 0 bridgehead atoms. The van der Waals surface area contributed by atoms with Crippen LogP contribution in [0.25, 0.3) is 10.7 Å². The van der Waals surface area contributed by atoms with Gasteiger partial charge in [0.1, 0.15) is 12.6 Å². The van der Waals surface area contributed by atoms with E-state index in [1.807, 2.05) is 17.5 Å². The fourth-order valence-corrected chi connectivity index (χ4v) is 3.71. The van der Waals surface area contributed by atoms with E-state index in [0.717, 1.165) is 4.88 Å². The van der Waals surface area contributed by atoms with Gasteiger partial charge >= 0.3 is 0 Å². The number of aromatic amines is 1. The number of rotatable bonds is 9. The maximum atomic E-state index is 12.9. The Kier molecular flexibility index (Phi) is 7.02. The highest BCUT2D eigenvalue weighted by molar-refractivity contribution is 7.71. The molecular formula is C19H22N4O4S2. The van der Waals surface area contributed by atoms with Gasteiger partial charge in [-0.2, -0.15) is 5.10 Å². The fraction of sp³-hybridized carbons (Fsp3) is 0.316. The molecule has 0 fully saturated rings. The normalized spacial score (nSPS) is 11.8. The van der Waals surface area contributed by atoms with Crippen LogP contribution in [-0.2, 0) is 9.53 Å². The van der Waals surface area contributed by atoms with Crippen molar-refractivity contribution in [2.75, 3.05) is 32.8 Å². The van der Waals surface area contributed by atoms with Crippen LogP contribution in [0.5, 0.6) is 11.5 Å². The average Bonchev–Trinajstić information content (AvgIpc) is 3.37. The number of hydrogen-bond acceptors (Lipinski definition) is 7. The van der Waals surface area contributed by atoms with Gasteiger partial charge in [-0.05, 0) is 42.7 Å². The van der Waals surface area contributed by atoms with Crippen molar-refractivity contribution in [3.8, 4) is 22.2 Å². The second-order valence-electron chi connectivity index (χ2n) is 6.07. The summed E-state index contributed by atoms with van der Waals surface area (Å²) in [5.74, 6) is 1.50. The first-order valence-corrected chi connectivity index (χ1v) is 10.2. The smallest absolute Gasteiger partial charge is 0.247 e. The van der Waals surface area contributed by atoms with Crippen LogP contribution in [0, 0.1) is 4.77 Å². The number of nitrogens with zero attached hydrogens (tertiary/aromatic N) is 2. The van der Waals surface area contributed by atoms with Gasteiger partial charge < -0.3 is 19.5 Å². The highest BCUT2D eigenvalue weighted by Crippen LogP contribution is 2.31. The third-order valence-electron chi connectivity index (χ3n) is 4.19. The summed E-state index contributed by atoms with van der Waals surface area (Å²) in [6, 6.07) is 8.50. The Hall–Kier alpha value is -2.69. The summed E-state index contributed by atoms with van der Waals surface area (Å²) in [6.07, 6.45) is 0. The Morgan fingerprint density at radius 3 is 2.83 bits per heavy atom. The van der Waals surface area contributed by atoms with Crippen molar-refractivity contribution >= 4 is 35.1 Å². The lowest BCUT2D eigenvalue weighted by molar-refractivity contribution is -0.118. The van der Waals surface area contributed by atoms with Gasteiger partial charge in [-0.15, -0.1) is 11.3 Å². The van der Waals surface area contributed by atoms with Gasteiger partial charge in [-0.25, -0.2) is 0 Å². The summed E-state index contributed by atoms with van der Waals surface area (Å²) in [5.41, 5.74) is 0.586. The van der Waals surface area contributed by atoms with Crippen molar-refractivity contribution in [3.05, 3.63) is 40.5 Å². The van der Waals surface area contributed by atoms with Gasteiger partial charge in [0.25, 0.3) is 0 Å². The van der Waals surface area contributed by atoms with Crippen LogP contribution in [0.1, 0.15) is 13.0 Å². The predicted molar refractivity (Wildman–Crippen MR) is 114 cm³/mol. The van der Waals surface area contributed by atoms with Crippen LogP contribution in [0.3, 0.4) is 0 Å². The number of hydrogen-bond donors (Lipinski definition) is 2. The fourth-order valence-electron chi connectivity index (χ4n) is 2.71. The second kappa shape index (κ2) is 9.68. The van der Waals surface area contributed by atoms with E-state index < -0.39 is 6.04 Å². The van der Waals surface area contributed by atoms with Crippen molar-refractivity contribution in [3.63, 3.8) is 0 Å². The molecule has 0 aliphatic rings. The second-order valence-corrected chi connectivity index (χ2v) is 7.41. The molecule has 29 heavy (non-hydrogen) atoms. The van der Waals surface area contributed by atoms with Gasteiger partial charge in [-0.1, -0.05) is 6.07 Å². The van der Waals surface area contributed by atoms with E-state index in [0.29, 0.717) is 41.0 Å². The number of carbonyl (C=O) groups excluding carboxylic acids is 1. The molecule has 0 spiro atoms. The molecule has 0 saturated heterocycles. The number of thiophene rings is 1. The Balaban J connectivity index is 1.79. The highest BCUT2D eigenvalue weighted by Gasteiger charge is 2.22. The summed E-state index contributed by atoms with van der Waals surface area (Å²) in [7, 11) is 3.16. The largest absolute Gasteiger partial charge is 0.493 e. The standard InChI is InChI=1S/C19H22N4O4S2/c1-12(23-17(21-22-19(23)28)16-5-4-10-29-16)18(24)20-13-6-7-14(26-3)15(11-13)27-9-8-25-2/h4-7,10-12H,8-9H2,1-3H3,(H,20,24)(H,22,28). The monoisotopic (exact) mass is 434 g/mol. The van der Waals surface area contributed by atoms with Gasteiger partial charge in [-0.3, -0.25) is 14.5 Å². The molecule has 2 heterocycles. The summed E-state index contributed by atoms with van der Waals surface area (Å²) in [6.45, 7) is 2.59. The molecule has 2 aromatic heterocycles. The number of anilines is 1. The Bertz CT molecular complexity index is 1010. The minimum atomic E-state index is -0.571. The third-order valence-corrected chi connectivity index (χ3v) is 5.34. The van der Waals surface area contributed by atoms with Gasteiger partial charge in [0.05, 0.1) is 18.6 Å². The van der Waals surface area contributed by atoms with Crippen LogP contribution >= 0.6 is 23.6 Å². The quantitative estimate of drug-likeness (QED) is 0.392. The zero-order valence-corrected chi connectivity index (χ0v) is 17.9. The van der Waals surface area contributed by atoms with E-state index >= 15 is 0 Å². The number of nitrogens with one attached hydrogen (secondary N) is 2. The first-order valence-electron chi connectivity index (χ1n) is 8.86. The summed E-state index contributed by atoms with van der Waals surface area (Å²) in [5, 5.41) is 11.9. The molecule has 3 aromatic rings. The number of ether oxygens (including phenoxy) is 3. The lowest BCUT2D eigenvalue weighted by atomic mass is 10.2. The van der Waals surface area contributed by atoms with Crippen molar-refractivity contribution in [2.24, 2.45) is 0 Å². The molecule has 1 unspecified atom stereocenters. The van der Waals surface area contributed by atoms with Crippen molar-refractivity contribution in [1.82, 2.24) is 14.8 Å². The number of aromatic nitrogens is 3. The molecule has 0 radical (unpaired) electrons. The number of benzene rings is 1. The van der Waals surface area contributed by atoms with E-state index in [9.17, 15) is 4.79 Å². The third kappa shape index (κ3) is 4.84. The molecule has 2 N–H and O–H groups in total. The van der Waals surface area contributed by atoms with Crippen molar-refractivity contribution in [1.29, 1.82) is 0 Å². The lowest BCUT2D eigenvalue weighted by Crippen LogP contribution is -2.24. The molecule has 0 saturated carbocycles. The average molecular weight is 435 g/mol. The molecule has 1 aromatic carbocycles. The molecule has 1 amide bonds. The molecule has 1 atom stereocenters. The van der Waals surface area contributed by atoms with Crippen LogP contribution in [0.4, 0.5) is 5.69 Å². The van der Waals surface area contributed by atoms with Crippen molar-refractivity contribution < 1.29 is 19.0 Å². The van der Waals surface area contributed by atoms with E-state index in [1.165, 1.54) is 11.3 Å². The van der Waals surface area contributed by atoms with E-state index in [1.54, 1.807) is 43.9 Å². The number of amides is 1. The first-order chi connectivity index (χ1) is 14.0. The molecule has 0 aliphatic carbocycles. The Labute approximate surface area is 177 Å². The van der Waals surface area contributed by atoms with Crippen LogP contribution in [0.15, 0.2) is 35.7 Å². The van der Waals surface area contributed by atoms with Crippen LogP contribution < -0.4 is 14.8 Å². The van der Waals surface area contributed by atoms with E-state index in [-0.39, 0.29) is 5.91 Å². The molecule has 0 aliphatic heterocycles. The maximum absolute atomic E-state index is 12.9. The van der Waals surface area contributed by atoms with Gasteiger partial charge in [0.2, 0.25) is 5.91 Å². The molecule has 10 heteroatoms. The lowest BCUT2D eigenvalue weighted by Gasteiger charge is -2.16. The molecule has 3 rings (SSSR count). The Morgan fingerprint density at radius 1 is 1.31 bits per heavy atom. The molecule has 154 valence electrons. The highest BCUT2D eigenvalue weighted by atomic mass is 32.1. The summed E-state index contributed by atoms with van der Waals surface area (Å²) < 4.78 is 18.1. The zero-order chi connectivity index (χ0) is 20.8. The van der Waals surface area contributed by atoms with Crippen LogP contribution in [-0.4, -0.2) is 48.1 Å². The minimum absolute atomic E-state index is 0.228. The minimum Gasteiger partial charge on any atom is -0.493 e.